The number of hydrogen-bond acceptors (Lipinski definition) is 5. The van der Waals surface area contributed by atoms with Crippen LogP contribution in [0.25, 0.3) is 0 Å². The van der Waals surface area contributed by atoms with Gasteiger partial charge in [0.25, 0.3) is 5.91 Å². The van der Waals surface area contributed by atoms with Crippen LogP contribution in [0.4, 0.5) is 0 Å². The van der Waals surface area contributed by atoms with Gasteiger partial charge in [0.1, 0.15) is 0 Å². The number of halogens is 1. The summed E-state index contributed by atoms with van der Waals surface area (Å²) in [5.41, 5.74) is -0.676. The summed E-state index contributed by atoms with van der Waals surface area (Å²) in [7, 11) is 1.63. The Kier molecular flexibility index (Phi) is 4.34. The van der Waals surface area contributed by atoms with E-state index in [0.717, 1.165) is 0 Å². The molecule has 1 aromatic rings. The zero-order valence-corrected chi connectivity index (χ0v) is 11.4. The molecule has 2 heterocycles. The van der Waals surface area contributed by atoms with E-state index in [-0.39, 0.29) is 23.3 Å². The van der Waals surface area contributed by atoms with E-state index in [1.54, 1.807) is 7.05 Å². The summed E-state index contributed by atoms with van der Waals surface area (Å²) < 4.78 is 5.20. The maximum absolute atomic E-state index is 12.1. The highest BCUT2D eigenvalue weighted by molar-refractivity contribution is 6.29. The molecule has 0 bridgehead atoms. The van der Waals surface area contributed by atoms with Crippen molar-refractivity contribution in [3.63, 3.8) is 0 Å². The van der Waals surface area contributed by atoms with E-state index >= 15 is 0 Å². The third kappa shape index (κ3) is 3.62. The van der Waals surface area contributed by atoms with Gasteiger partial charge in [-0.3, -0.25) is 4.79 Å². The average Bonchev–Trinajstić information content (AvgIpc) is 2.39. The molecule has 0 atom stereocenters. The number of rotatable bonds is 3. The normalized spacial score (nSPS) is 18.1. The number of aromatic nitrogens is 2. The Labute approximate surface area is 116 Å². The molecule has 19 heavy (non-hydrogen) atoms. The molecule has 104 valence electrons. The number of hydrogen-bond donors (Lipinski definition) is 1. The van der Waals surface area contributed by atoms with E-state index in [4.69, 9.17) is 16.3 Å². The Morgan fingerprint density at radius 3 is 2.74 bits per heavy atom. The fourth-order valence-corrected chi connectivity index (χ4v) is 2.15. The lowest BCUT2D eigenvalue weighted by Crippen LogP contribution is -2.47. The second-order valence-electron chi connectivity index (χ2n) is 4.74. The fraction of sp³-hybridized carbons (Fsp3) is 0.583. The minimum Gasteiger partial charge on any atom is -0.388 e. The number of carbonyl (C=O) groups is 1. The molecular weight excluding hydrogens is 270 g/mol. The molecule has 7 heteroatoms. The molecule has 2 rings (SSSR count). The van der Waals surface area contributed by atoms with Crippen molar-refractivity contribution in [2.75, 3.05) is 26.8 Å². The molecule has 1 aromatic heterocycles. The summed E-state index contributed by atoms with van der Waals surface area (Å²) >= 11 is 5.62. The molecule has 0 aromatic carbocycles. The molecule has 1 saturated heterocycles. The van der Waals surface area contributed by atoms with Crippen LogP contribution in [0.2, 0.25) is 5.15 Å². The van der Waals surface area contributed by atoms with Crippen molar-refractivity contribution in [3.8, 4) is 0 Å². The SMILES string of the molecule is CN(CC1(O)CCOCC1)C(=O)c1ccc(Cl)nn1. The van der Waals surface area contributed by atoms with Crippen molar-refractivity contribution in [2.24, 2.45) is 0 Å². The molecule has 6 nitrogen and oxygen atoms in total. The number of amides is 1. The Bertz CT molecular complexity index is 446. The predicted molar refractivity (Wildman–Crippen MR) is 69.0 cm³/mol. The molecule has 1 N–H and O–H groups in total. The molecule has 1 fully saturated rings. The molecule has 1 aliphatic heterocycles. The third-order valence-electron chi connectivity index (χ3n) is 3.15. The predicted octanol–water partition coefficient (Wildman–Crippen LogP) is 0.743. The maximum atomic E-state index is 12.1. The number of ether oxygens (including phenoxy) is 1. The van der Waals surface area contributed by atoms with Gasteiger partial charge in [-0.25, -0.2) is 0 Å². The lowest BCUT2D eigenvalue weighted by atomic mass is 9.94. The maximum Gasteiger partial charge on any atom is 0.274 e. The Balaban J connectivity index is 2.00. The van der Waals surface area contributed by atoms with Crippen LogP contribution in [-0.4, -0.2) is 58.5 Å². The second-order valence-corrected chi connectivity index (χ2v) is 5.13. The number of aliphatic hydroxyl groups is 1. The average molecular weight is 286 g/mol. The standard InChI is InChI=1S/C12H16ClN3O3/c1-16(8-12(18)4-6-19-7-5-12)11(17)9-2-3-10(13)15-14-9/h2-3,18H,4-8H2,1H3. The van der Waals surface area contributed by atoms with Crippen LogP contribution in [0.5, 0.6) is 0 Å². The molecule has 0 radical (unpaired) electrons. The van der Waals surface area contributed by atoms with Gasteiger partial charge in [-0.1, -0.05) is 11.6 Å². The molecule has 1 aliphatic rings. The van der Waals surface area contributed by atoms with Gasteiger partial charge in [0.05, 0.1) is 5.60 Å². The molecule has 0 aliphatic carbocycles. The quantitative estimate of drug-likeness (QED) is 0.887. The molecular formula is C12H16ClN3O3. The van der Waals surface area contributed by atoms with E-state index in [0.29, 0.717) is 26.1 Å². The van der Waals surface area contributed by atoms with E-state index in [1.165, 1.54) is 17.0 Å². The molecule has 0 spiro atoms. The summed E-state index contributed by atoms with van der Waals surface area (Å²) in [5, 5.41) is 18.0. The van der Waals surface area contributed by atoms with Crippen LogP contribution < -0.4 is 0 Å². The minimum atomic E-state index is -0.886. The number of carbonyl (C=O) groups excluding carboxylic acids is 1. The van der Waals surface area contributed by atoms with E-state index in [2.05, 4.69) is 10.2 Å². The van der Waals surface area contributed by atoms with Crippen molar-refractivity contribution in [3.05, 3.63) is 23.0 Å². The van der Waals surface area contributed by atoms with Gasteiger partial charge < -0.3 is 14.7 Å². The summed E-state index contributed by atoms with van der Waals surface area (Å²) in [6.07, 6.45) is 1.05. The van der Waals surface area contributed by atoms with Gasteiger partial charge in [-0.15, -0.1) is 10.2 Å². The lowest BCUT2D eigenvalue weighted by molar-refractivity contribution is -0.0734. The minimum absolute atomic E-state index is 0.211. The topological polar surface area (TPSA) is 75.6 Å². The van der Waals surface area contributed by atoms with Gasteiger partial charge in [0.2, 0.25) is 0 Å². The summed E-state index contributed by atoms with van der Waals surface area (Å²) in [5.74, 6) is -0.288. The van der Waals surface area contributed by atoms with Crippen LogP contribution in [0.15, 0.2) is 12.1 Å². The Morgan fingerprint density at radius 1 is 1.47 bits per heavy atom. The second kappa shape index (κ2) is 5.81. The highest BCUT2D eigenvalue weighted by Gasteiger charge is 2.32. The van der Waals surface area contributed by atoms with Crippen LogP contribution in [0, 0.1) is 0 Å². The van der Waals surface area contributed by atoms with Crippen LogP contribution in [0.1, 0.15) is 23.3 Å². The number of nitrogens with zero attached hydrogens (tertiary/aromatic N) is 3. The highest BCUT2D eigenvalue weighted by atomic mass is 35.5. The van der Waals surface area contributed by atoms with Crippen LogP contribution >= 0.6 is 11.6 Å². The van der Waals surface area contributed by atoms with E-state index in [1.807, 2.05) is 0 Å². The van der Waals surface area contributed by atoms with Crippen molar-refractivity contribution < 1.29 is 14.6 Å². The van der Waals surface area contributed by atoms with Crippen molar-refractivity contribution in [2.45, 2.75) is 18.4 Å². The summed E-state index contributed by atoms with van der Waals surface area (Å²) in [6.45, 7) is 1.28. The van der Waals surface area contributed by atoms with E-state index < -0.39 is 5.60 Å². The van der Waals surface area contributed by atoms with Crippen LogP contribution in [0.3, 0.4) is 0 Å². The largest absolute Gasteiger partial charge is 0.388 e. The van der Waals surface area contributed by atoms with E-state index in [9.17, 15) is 9.90 Å². The van der Waals surface area contributed by atoms with Gasteiger partial charge in [-0.05, 0) is 12.1 Å². The molecule has 0 unspecified atom stereocenters. The molecule has 1 amide bonds. The zero-order chi connectivity index (χ0) is 13.9. The third-order valence-corrected chi connectivity index (χ3v) is 3.35. The first-order chi connectivity index (χ1) is 9.00. The van der Waals surface area contributed by atoms with Crippen molar-refractivity contribution >= 4 is 17.5 Å². The van der Waals surface area contributed by atoms with Gasteiger partial charge >= 0.3 is 0 Å². The Hall–Kier alpha value is -1.24. The first-order valence-electron chi connectivity index (χ1n) is 6.05. The Morgan fingerprint density at radius 2 is 2.16 bits per heavy atom. The lowest BCUT2D eigenvalue weighted by Gasteiger charge is -2.35. The summed E-state index contributed by atoms with van der Waals surface area (Å²) in [4.78, 5) is 13.6. The van der Waals surface area contributed by atoms with Gasteiger partial charge in [0, 0.05) is 39.6 Å². The first-order valence-corrected chi connectivity index (χ1v) is 6.43. The number of likely N-dealkylation sites (N-methyl/N-ethyl adjacent to an activating group) is 1. The van der Waals surface area contributed by atoms with Crippen LogP contribution in [-0.2, 0) is 4.74 Å². The zero-order valence-electron chi connectivity index (χ0n) is 10.7. The van der Waals surface area contributed by atoms with Gasteiger partial charge in [-0.2, -0.15) is 0 Å². The molecule has 0 saturated carbocycles. The first kappa shape index (κ1) is 14.2. The summed E-state index contributed by atoms with van der Waals surface area (Å²) in [6, 6.07) is 3.03. The van der Waals surface area contributed by atoms with Crippen molar-refractivity contribution in [1.29, 1.82) is 0 Å². The van der Waals surface area contributed by atoms with Gasteiger partial charge in [0.15, 0.2) is 10.8 Å². The smallest absolute Gasteiger partial charge is 0.274 e. The fourth-order valence-electron chi connectivity index (χ4n) is 2.05. The monoisotopic (exact) mass is 285 g/mol. The highest BCUT2D eigenvalue weighted by Crippen LogP contribution is 2.21. The van der Waals surface area contributed by atoms with Crippen molar-refractivity contribution in [1.82, 2.24) is 15.1 Å².